The van der Waals surface area contributed by atoms with Gasteiger partial charge in [-0.2, -0.15) is 11.8 Å². The smallest absolute Gasteiger partial charge is 0.327 e. The van der Waals surface area contributed by atoms with E-state index in [2.05, 4.69) is 10.6 Å². The van der Waals surface area contributed by atoms with Crippen LogP contribution in [0.2, 0.25) is 0 Å². The Morgan fingerprint density at radius 2 is 2.38 bits per heavy atom. The standard InChI is InChI=1S/C10H14N2O3S/c13-8(14)4-2-1-3-7-9-6(5-16-7)11-10(15)12-9/h2,4,6-7,9H,1,3,5H2,(H,13,14)(H2,11,12,15)/b4-2+/t6-,7+,9+/m1/s1. The average molecular weight is 242 g/mol. The summed E-state index contributed by atoms with van der Waals surface area (Å²) in [5, 5.41) is 14.6. The minimum atomic E-state index is -0.909. The summed E-state index contributed by atoms with van der Waals surface area (Å²) < 4.78 is 0. The summed E-state index contributed by atoms with van der Waals surface area (Å²) in [6, 6.07) is 0.364. The molecule has 0 aromatic heterocycles. The Morgan fingerprint density at radius 3 is 3.12 bits per heavy atom. The van der Waals surface area contributed by atoms with Crippen LogP contribution in [0.3, 0.4) is 0 Å². The van der Waals surface area contributed by atoms with Gasteiger partial charge in [-0.3, -0.25) is 0 Å². The molecular formula is C10H14N2O3S. The molecule has 2 aliphatic rings. The number of carbonyl (C=O) groups is 2. The Morgan fingerprint density at radius 1 is 1.56 bits per heavy atom. The second kappa shape index (κ2) is 4.78. The summed E-state index contributed by atoms with van der Waals surface area (Å²) >= 11 is 1.84. The van der Waals surface area contributed by atoms with Crippen LogP contribution in [-0.2, 0) is 4.79 Å². The van der Waals surface area contributed by atoms with Crippen molar-refractivity contribution < 1.29 is 14.7 Å². The fourth-order valence-electron chi connectivity index (χ4n) is 2.09. The van der Waals surface area contributed by atoms with Crippen LogP contribution >= 0.6 is 11.8 Å². The van der Waals surface area contributed by atoms with Crippen LogP contribution in [0.4, 0.5) is 4.79 Å². The van der Waals surface area contributed by atoms with Gasteiger partial charge in [-0.25, -0.2) is 9.59 Å². The van der Waals surface area contributed by atoms with Gasteiger partial charge in [0.05, 0.1) is 12.1 Å². The van der Waals surface area contributed by atoms with Crippen LogP contribution in [0.15, 0.2) is 12.2 Å². The number of carboxylic acid groups (broad SMARTS) is 1. The first kappa shape index (κ1) is 11.3. The lowest BCUT2D eigenvalue weighted by Crippen LogP contribution is -2.36. The summed E-state index contributed by atoms with van der Waals surface area (Å²) in [7, 11) is 0. The molecule has 3 atom stereocenters. The van der Waals surface area contributed by atoms with E-state index >= 15 is 0 Å². The van der Waals surface area contributed by atoms with Crippen LogP contribution in [0, 0.1) is 0 Å². The van der Waals surface area contributed by atoms with Gasteiger partial charge in [-0.1, -0.05) is 6.08 Å². The van der Waals surface area contributed by atoms with E-state index in [1.807, 2.05) is 11.8 Å². The lowest BCUT2D eigenvalue weighted by Gasteiger charge is -2.15. The van der Waals surface area contributed by atoms with Gasteiger partial charge in [0.15, 0.2) is 0 Å². The van der Waals surface area contributed by atoms with E-state index in [9.17, 15) is 9.59 Å². The average Bonchev–Trinajstić information content (AvgIpc) is 2.72. The fourth-order valence-corrected chi connectivity index (χ4v) is 3.60. The maximum atomic E-state index is 11.1. The monoisotopic (exact) mass is 242 g/mol. The van der Waals surface area contributed by atoms with Crippen molar-refractivity contribution in [3.63, 3.8) is 0 Å². The maximum absolute atomic E-state index is 11.1. The minimum absolute atomic E-state index is 0.0821. The van der Waals surface area contributed by atoms with Crippen molar-refractivity contribution in [2.45, 2.75) is 30.2 Å². The Balaban J connectivity index is 1.78. The molecule has 5 nitrogen and oxygen atoms in total. The number of nitrogens with one attached hydrogen (secondary N) is 2. The Hall–Kier alpha value is -1.17. The molecule has 0 aromatic rings. The Kier molecular flexibility index (Phi) is 3.38. The normalized spacial score (nSPS) is 32.5. The molecule has 2 amide bonds. The van der Waals surface area contributed by atoms with Crippen molar-refractivity contribution in [3.8, 4) is 0 Å². The summed E-state index contributed by atoms with van der Waals surface area (Å²) in [6.07, 6.45) is 4.48. The third-order valence-corrected chi connectivity index (χ3v) is 4.33. The zero-order valence-electron chi connectivity index (χ0n) is 8.68. The van der Waals surface area contributed by atoms with E-state index in [1.165, 1.54) is 6.08 Å². The lowest BCUT2D eigenvalue weighted by atomic mass is 10.0. The highest BCUT2D eigenvalue weighted by atomic mass is 32.2. The minimum Gasteiger partial charge on any atom is -0.478 e. The van der Waals surface area contributed by atoms with E-state index in [4.69, 9.17) is 5.11 Å². The van der Waals surface area contributed by atoms with E-state index in [-0.39, 0.29) is 18.1 Å². The van der Waals surface area contributed by atoms with Crippen molar-refractivity contribution in [1.29, 1.82) is 0 Å². The molecule has 2 saturated heterocycles. The summed E-state index contributed by atoms with van der Waals surface area (Å²) in [4.78, 5) is 21.4. The SMILES string of the molecule is O=C(O)/C=C/CC[C@@H]1SC[C@H]2NC(=O)N[C@H]12. The highest BCUT2D eigenvalue weighted by Gasteiger charge is 2.42. The number of hydrogen-bond donors (Lipinski definition) is 3. The first-order valence-electron chi connectivity index (χ1n) is 5.25. The van der Waals surface area contributed by atoms with Gasteiger partial charge in [0, 0.05) is 17.1 Å². The number of fused-ring (bicyclic) bond motifs is 1. The van der Waals surface area contributed by atoms with Gasteiger partial charge in [0.1, 0.15) is 0 Å². The van der Waals surface area contributed by atoms with Crippen LogP contribution < -0.4 is 10.6 Å². The molecule has 0 spiro atoms. The van der Waals surface area contributed by atoms with Gasteiger partial charge >= 0.3 is 12.0 Å². The molecule has 0 aliphatic carbocycles. The molecular weight excluding hydrogens is 228 g/mol. The molecule has 3 N–H and O–H groups in total. The fraction of sp³-hybridized carbons (Fsp3) is 0.600. The van der Waals surface area contributed by atoms with Gasteiger partial charge < -0.3 is 15.7 Å². The molecule has 0 bridgehead atoms. The zero-order valence-corrected chi connectivity index (χ0v) is 9.50. The summed E-state index contributed by atoms with van der Waals surface area (Å²) in [5.74, 6) is 0.0317. The third-order valence-electron chi connectivity index (χ3n) is 2.82. The highest BCUT2D eigenvalue weighted by molar-refractivity contribution is 8.00. The second-order valence-corrected chi connectivity index (χ2v) is 5.21. The van der Waals surface area contributed by atoms with Crippen molar-refractivity contribution in [2.24, 2.45) is 0 Å². The van der Waals surface area contributed by atoms with Crippen LogP contribution in [-0.4, -0.2) is 40.2 Å². The molecule has 2 heterocycles. The van der Waals surface area contributed by atoms with Crippen LogP contribution in [0.25, 0.3) is 0 Å². The first-order chi connectivity index (χ1) is 7.66. The van der Waals surface area contributed by atoms with Gasteiger partial charge in [0.25, 0.3) is 0 Å². The number of carboxylic acids is 1. The molecule has 0 unspecified atom stereocenters. The lowest BCUT2D eigenvalue weighted by molar-refractivity contribution is -0.131. The van der Waals surface area contributed by atoms with Crippen LogP contribution in [0.1, 0.15) is 12.8 Å². The Labute approximate surface area is 97.7 Å². The molecule has 2 rings (SSSR count). The van der Waals surface area contributed by atoms with E-state index in [1.54, 1.807) is 6.08 Å². The molecule has 0 aromatic carbocycles. The largest absolute Gasteiger partial charge is 0.478 e. The topological polar surface area (TPSA) is 78.4 Å². The number of thioether (sulfide) groups is 1. The predicted octanol–water partition coefficient (Wildman–Crippen LogP) is 0.573. The van der Waals surface area contributed by atoms with Gasteiger partial charge in [-0.05, 0) is 12.8 Å². The van der Waals surface area contributed by atoms with Gasteiger partial charge in [-0.15, -0.1) is 0 Å². The number of amides is 2. The van der Waals surface area contributed by atoms with E-state index in [0.29, 0.717) is 5.25 Å². The number of aliphatic carboxylic acids is 1. The number of carbonyl (C=O) groups excluding carboxylic acids is 1. The van der Waals surface area contributed by atoms with Crippen molar-refractivity contribution in [3.05, 3.63) is 12.2 Å². The Bertz CT molecular complexity index is 332. The third kappa shape index (κ3) is 2.49. The molecule has 0 radical (unpaired) electrons. The molecule has 88 valence electrons. The predicted molar refractivity (Wildman–Crippen MR) is 61.5 cm³/mol. The first-order valence-corrected chi connectivity index (χ1v) is 6.30. The molecule has 16 heavy (non-hydrogen) atoms. The number of urea groups is 1. The maximum Gasteiger partial charge on any atom is 0.327 e. The van der Waals surface area contributed by atoms with Crippen molar-refractivity contribution >= 4 is 23.8 Å². The second-order valence-electron chi connectivity index (χ2n) is 3.94. The molecule has 2 fully saturated rings. The van der Waals surface area contributed by atoms with Crippen molar-refractivity contribution in [2.75, 3.05) is 5.75 Å². The van der Waals surface area contributed by atoms with E-state index in [0.717, 1.165) is 18.6 Å². The highest BCUT2D eigenvalue weighted by Crippen LogP contribution is 2.32. The molecule has 2 aliphatic heterocycles. The van der Waals surface area contributed by atoms with Crippen molar-refractivity contribution in [1.82, 2.24) is 10.6 Å². The quantitative estimate of drug-likeness (QED) is 0.497. The molecule has 0 saturated carbocycles. The zero-order chi connectivity index (χ0) is 11.5. The van der Waals surface area contributed by atoms with Gasteiger partial charge in [0.2, 0.25) is 0 Å². The summed E-state index contributed by atoms with van der Waals surface area (Å²) in [6.45, 7) is 0. The van der Waals surface area contributed by atoms with E-state index < -0.39 is 5.97 Å². The number of hydrogen-bond acceptors (Lipinski definition) is 3. The molecule has 6 heteroatoms. The number of rotatable bonds is 4. The summed E-state index contributed by atoms with van der Waals surface area (Å²) in [5.41, 5.74) is 0. The van der Waals surface area contributed by atoms with Crippen LogP contribution in [0.5, 0.6) is 0 Å². The number of allylic oxidation sites excluding steroid dienone is 1.